The summed E-state index contributed by atoms with van der Waals surface area (Å²) in [5.41, 5.74) is 0. The Morgan fingerprint density at radius 2 is 1.95 bits per heavy atom. The largest absolute Gasteiger partial charge is 0.480 e. The third kappa shape index (κ3) is 4.71. The van der Waals surface area contributed by atoms with Gasteiger partial charge in [-0.2, -0.15) is 0 Å². The van der Waals surface area contributed by atoms with E-state index < -0.39 is 43.1 Å². The molecule has 0 aliphatic carbocycles. The molecule has 1 aliphatic heterocycles. The summed E-state index contributed by atoms with van der Waals surface area (Å²) in [6, 6.07) is -1.46. The maximum Gasteiger partial charge on any atom is 0.330 e. The first-order valence-electron chi connectivity index (χ1n) is 6.30. The van der Waals surface area contributed by atoms with Crippen LogP contribution >= 0.6 is 0 Å². The minimum absolute atomic E-state index is 0.288. The van der Waals surface area contributed by atoms with Gasteiger partial charge in [0.25, 0.3) is 0 Å². The van der Waals surface area contributed by atoms with E-state index in [1.807, 2.05) is 0 Å². The molecule has 1 heterocycles. The molecule has 21 heavy (non-hydrogen) atoms. The van der Waals surface area contributed by atoms with Crippen molar-refractivity contribution in [1.82, 2.24) is 10.2 Å². The predicted octanol–water partition coefficient (Wildman–Crippen LogP) is -1.63. The summed E-state index contributed by atoms with van der Waals surface area (Å²) in [6.45, 7) is 0.640. The number of nitrogens with zero attached hydrogens (tertiary/aromatic N) is 1. The quantitative estimate of drug-likeness (QED) is 0.564. The number of carboxylic acids is 1. The van der Waals surface area contributed by atoms with Crippen LogP contribution in [0.4, 0.5) is 0 Å². The maximum atomic E-state index is 11.7. The number of esters is 1. The molecule has 1 saturated heterocycles. The standard InChI is InChI=1S/C12H18N2O7/c1-7(15)14-4-3-8(11(14)12(19)20-2)13-9(16)5-21-6-10(17)18/h8,11H,3-6H2,1-2H3,(H,13,16)(H,17,18). The molecule has 1 rings (SSSR count). The molecule has 0 spiro atoms. The van der Waals surface area contributed by atoms with E-state index in [9.17, 15) is 19.2 Å². The number of carbonyl (C=O) groups excluding carboxylic acids is 3. The Bertz CT molecular complexity index is 437. The van der Waals surface area contributed by atoms with Gasteiger partial charge in [0.1, 0.15) is 19.3 Å². The highest BCUT2D eigenvalue weighted by molar-refractivity contribution is 5.86. The zero-order valence-electron chi connectivity index (χ0n) is 11.8. The Kier molecular flexibility index (Phi) is 6.10. The van der Waals surface area contributed by atoms with Crippen molar-refractivity contribution < 1.29 is 33.8 Å². The summed E-state index contributed by atoms with van der Waals surface area (Å²) in [6.07, 6.45) is 0.407. The van der Waals surface area contributed by atoms with Gasteiger partial charge in [0, 0.05) is 13.5 Å². The molecule has 1 fully saturated rings. The van der Waals surface area contributed by atoms with E-state index in [-0.39, 0.29) is 5.91 Å². The van der Waals surface area contributed by atoms with Crippen LogP contribution in [0.15, 0.2) is 0 Å². The molecule has 0 radical (unpaired) electrons. The summed E-state index contributed by atoms with van der Waals surface area (Å²) in [4.78, 5) is 46.4. The molecule has 9 heteroatoms. The van der Waals surface area contributed by atoms with Crippen molar-refractivity contribution in [3.05, 3.63) is 0 Å². The molecule has 2 amide bonds. The Morgan fingerprint density at radius 1 is 1.29 bits per heavy atom. The number of ether oxygens (including phenoxy) is 2. The van der Waals surface area contributed by atoms with Gasteiger partial charge in [-0.15, -0.1) is 0 Å². The lowest BCUT2D eigenvalue weighted by molar-refractivity contribution is -0.151. The zero-order valence-corrected chi connectivity index (χ0v) is 11.8. The topological polar surface area (TPSA) is 122 Å². The predicted molar refractivity (Wildman–Crippen MR) is 68.2 cm³/mol. The number of carbonyl (C=O) groups is 4. The highest BCUT2D eigenvalue weighted by Gasteiger charge is 2.42. The molecule has 9 nitrogen and oxygen atoms in total. The molecule has 2 atom stereocenters. The Hall–Kier alpha value is -2.16. The molecular formula is C12H18N2O7. The fourth-order valence-electron chi connectivity index (χ4n) is 2.19. The van der Waals surface area contributed by atoms with Crippen LogP contribution in [0.1, 0.15) is 13.3 Å². The molecule has 0 aromatic heterocycles. The summed E-state index contributed by atoms with van der Waals surface area (Å²) >= 11 is 0. The first-order chi connectivity index (χ1) is 9.86. The van der Waals surface area contributed by atoms with Gasteiger partial charge >= 0.3 is 11.9 Å². The van der Waals surface area contributed by atoms with Crippen LogP contribution in [0.3, 0.4) is 0 Å². The summed E-state index contributed by atoms with van der Waals surface area (Å²) < 4.78 is 9.30. The molecule has 118 valence electrons. The van der Waals surface area contributed by atoms with E-state index in [0.29, 0.717) is 13.0 Å². The van der Waals surface area contributed by atoms with Crippen molar-refractivity contribution in [3.63, 3.8) is 0 Å². The third-order valence-corrected chi connectivity index (χ3v) is 3.05. The van der Waals surface area contributed by atoms with Crippen molar-refractivity contribution >= 4 is 23.8 Å². The number of hydrogen-bond donors (Lipinski definition) is 2. The van der Waals surface area contributed by atoms with Crippen LogP contribution in [0.5, 0.6) is 0 Å². The molecule has 0 bridgehead atoms. The number of carboxylic acid groups (broad SMARTS) is 1. The van der Waals surface area contributed by atoms with Crippen molar-refractivity contribution in [2.24, 2.45) is 0 Å². The number of amides is 2. The van der Waals surface area contributed by atoms with Crippen LogP contribution in [0.25, 0.3) is 0 Å². The number of likely N-dealkylation sites (tertiary alicyclic amines) is 1. The van der Waals surface area contributed by atoms with Crippen molar-refractivity contribution in [2.75, 3.05) is 26.9 Å². The highest BCUT2D eigenvalue weighted by Crippen LogP contribution is 2.19. The normalized spacial score (nSPS) is 21.0. The number of rotatable bonds is 6. The van der Waals surface area contributed by atoms with Gasteiger partial charge in [0.15, 0.2) is 0 Å². The van der Waals surface area contributed by atoms with Gasteiger partial charge in [-0.3, -0.25) is 9.59 Å². The maximum absolute atomic E-state index is 11.7. The van der Waals surface area contributed by atoms with Gasteiger partial charge in [-0.25, -0.2) is 9.59 Å². The lowest BCUT2D eigenvalue weighted by Gasteiger charge is -2.25. The second-order valence-corrected chi connectivity index (χ2v) is 4.53. The van der Waals surface area contributed by atoms with Gasteiger partial charge in [-0.05, 0) is 6.42 Å². The Labute approximate surface area is 121 Å². The molecule has 2 unspecified atom stereocenters. The van der Waals surface area contributed by atoms with Crippen molar-refractivity contribution in [2.45, 2.75) is 25.4 Å². The van der Waals surface area contributed by atoms with Gasteiger partial charge < -0.3 is 24.8 Å². The average molecular weight is 302 g/mol. The smallest absolute Gasteiger partial charge is 0.330 e. The van der Waals surface area contributed by atoms with Crippen LogP contribution < -0.4 is 5.32 Å². The first-order valence-corrected chi connectivity index (χ1v) is 6.30. The lowest BCUT2D eigenvalue weighted by Crippen LogP contribution is -2.51. The minimum Gasteiger partial charge on any atom is -0.480 e. The first kappa shape index (κ1) is 16.9. The summed E-state index contributed by atoms with van der Waals surface area (Å²) in [5.74, 6) is -2.64. The van der Waals surface area contributed by atoms with E-state index in [1.165, 1.54) is 18.9 Å². The van der Waals surface area contributed by atoms with Crippen LogP contribution in [0, 0.1) is 0 Å². The van der Waals surface area contributed by atoms with E-state index in [4.69, 9.17) is 5.11 Å². The average Bonchev–Trinajstić information content (AvgIpc) is 2.81. The van der Waals surface area contributed by atoms with E-state index in [1.54, 1.807) is 0 Å². The van der Waals surface area contributed by atoms with Gasteiger partial charge in [-0.1, -0.05) is 0 Å². The monoisotopic (exact) mass is 302 g/mol. The Morgan fingerprint density at radius 3 is 2.48 bits per heavy atom. The fraction of sp³-hybridized carbons (Fsp3) is 0.667. The SMILES string of the molecule is COC(=O)C1C(NC(=O)COCC(=O)O)CCN1C(C)=O. The second-order valence-electron chi connectivity index (χ2n) is 4.53. The molecule has 2 N–H and O–H groups in total. The fourth-order valence-corrected chi connectivity index (χ4v) is 2.19. The van der Waals surface area contributed by atoms with Crippen molar-refractivity contribution in [1.29, 1.82) is 0 Å². The van der Waals surface area contributed by atoms with Crippen LogP contribution in [0.2, 0.25) is 0 Å². The van der Waals surface area contributed by atoms with Gasteiger partial charge in [0.05, 0.1) is 13.2 Å². The summed E-state index contributed by atoms with van der Waals surface area (Å²) in [5, 5.41) is 10.9. The molecule has 0 aromatic carbocycles. The lowest BCUT2D eigenvalue weighted by atomic mass is 10.1. The number of nitrogens with one attached hydrogen (secondary N) is 1. The number of hydrogen-bond acceptors (Lipinski definition) is 6. The van der Waals surface area contributed by atoms with Crippen molar-refractivity contribution in [3.8, 4) is 0 Å². The Balaban J connectivity index is 2.60. The van der Waals surface area contributed by atoms with E-state index in [2.05, 4.69) is 14.8 Å². The zero-order chi connectivity index (χ0) is 16.0. The second kappa shape index (κ2) is 7.58. The molecule has 0 saturated carbocycles. The third-order valence-electron chi connectivity index (χ3n) is 3.05. The molecular weight excluding hydrogens is 284 g/mol. The minimum atomic E-state index is -1.18. The van der Waals surface area contributed by atoms with Gasteiger partial charge in [0.2, 0.25) is 11.8 Å². The molecule has 1 aliphatic rings. The number of methoxy groups -OCH3 is 1. The van der Waals surface area contributed by atoms with E-state index in [0.717, 1.165) is 0 Å². The van der Waals surface area contributed by atoms with Crippen LogP contribution in [-0.4, -0.2) is 72.7 Å². The number of aliphatic carboxylic acids is 1. The summed E-state index contributed by atoms with van der Waals surface area (Å²) in [7, 11) is 1.20. The molecule has 0 aromatic rings. The van der Waals surface area contributed by atoms with Crippen LogP contribution in [-0.2, 0) is 28.7 Å². The highest BCUT2D eigenvalue weighted by atomic mass is 16.5. The van der Waals surface area contributed by atoms with E-state index >= 15 is 0 Å².